The minimum Gasteiger partial charge on any atom is -0.398 e. The first-order valence-corrected chi connectivity index (χ1v) is 6.10. The van der Waals surface area contributed by atoms with Crippen LogP contribution in [0.2, 0.25) is 0 Å². The molecule has 0 unspecified atom stereocenters. The molecular weight excluding hydrogens is 233 g/mol. The van der Waals surface area contributed by atoms with E-state index >= 15 is 0 Å². The molecule has 1 fully saturated rings. The number of carbonyl (C=O) groups is 1. The van der Waals surface area contributed by atoms with E-state index in [-0.39, 0.29) is 16.9 Å². The van der Waals surface area contributed by atoms with Gasteiger partial charge < -0.3 is 16.8 Å². The molecule has 1 aromatic rings. The summed E-state index contributed by atoms with van der Waals surface area (Å²) in [6, 6.07) is 2.52. The second-order valence-electron chi connectivity index (χ2n) is 4.99. The van der Waals surface area contributed by atoms with E-state index in [1.165, 1.54) is 6.07 Å². The topological polar surface area (TPSA) is 81.1 Å². The summed E-state index contributed by atoms with van der Waals surface area (Å²) in [6.45, 7) is 2.84. The molecule has 0 aromatic heterocycles. The van der Waals surface area contributed by atoms with Gasteiger partial charge in [-0.3, -0.25) is 4.79 Å². The first-order valence-electron chi connectivity index (χ1n) is 6.10. The van der Waals surface area contributed by atoms with Crippen molar-refractivity contribution >= 4 is 17.3 Å². The number of rotatable bonds is 5. The van der Waals surface area contributed by atoms with Crippen molar-refractivity contribution in [2.45, 2.75) is 26.2 Å². The van der Waals surface area contributed by atoms with E-state index < -0.39 is 11.7 Å². The summed E-state index contributed by atoms with van der Waals surface area (Å²) >= 11 is 0. The average Bonchev–Trinajstić information content (AvgIpc) is 3.08. The molecule has 4 nitrogen and oxygen atoms in total. The summed E-state index contributed by atoms with van der Waals surface area (Å²) in [6.07, 6.45) is 3.39. The molecule has 0 saturated heterocycles. The Hall–Kier alpha value is -1.78. The zero-order chi connectivity index (χ0) is 13.3. The zero-order valence-corrected chi connectivity index (χ0v) is 10.4. The van der Waals surface area contributed by atoms with E-state index in [1.54, 1.807) is 0 Å². The van der Waals surface area contributed by atoms with Crippen LogP contribution in [0.25, 0.3) is 0 Å². The second-order valence-corrected chi connectivity index (χ2v) is 4.99. The molecule has 5 heteroatoms. The number of nitrogens with one attached hydrogen (secondary N) is 1. The molecule has 1 saturated carbocycles. The van der Waals surface area contributed by atoms with Gasteiger partial charge in [0, 0.05) is 12.2 Å². The summed E-state index contributed by atoms with van der Waals surface area (Å²) in [5, 5.41) is 3.05. The van der Waals surface area contributed by atoms with Crippen molar-refractivity contribution in [1.82, 2.24) is 0 Å². The Morgan fingerprint density at radius 1 is 1.50 bits per heavy atom. The van der Waals surface area contributed by atoms with Gasteiger partial charge in [0.2, 0.25) is 0 Å². The summed E-state index contributed by atoms with van der Waals surface area (Å²) in [5.74, 6) is -1.10. The fourth-order valence-corrected chi connectivity index (χ4v) is 2.05. The Morgan fingerprint density at radius 3 is 2.67 bits per heavy atom. The lowest BCUT2D eigenvalue weighted by molar-refractivity contribution is 0.100. The third kappa shape index (κ3) is 2.39. The third-order valence-electron chi connectivity index (χ3n) is 3.77. The van der Waals surface area contributed by atoms with Gasteiger partial charge in [0.1, 0.15) is 5.82 Å². The zero-order valence-electron chi connectivity index (χ0n) is 10.4. The summed E-state index contributed by atoms with van der Waals surface area (Å²) in [4.78, 5) is 11.1. The van der Waals surface area contributed by atoms with E-state index in [0.717, 1.165) is 25.3 Å². The third-order valence-corrected chi connectivity index (χ3v) is 3.77. The maximum absolute atomic E-state index is 13.7. The molecule has 2 rings (SSSR count). The predicted molar refractivity (Wildman–Crippen MR) is 69.8 cm³/mol. The number of benzene rings is 1. The smallest absolute Gasteiger partial charge is 0.250 e. The molecule has 18 heavy (non-hydrogen) atoms. The summed E-state index contributed by atoms with van der Waals surface area (Å²) in [5.41, 5.74) is 11.5. The molecule has 1 aliphatic carbocycles. The van der Waals surface area contributed by atoms with Crippen molar-refractivity contribution in [1.29, 1.82) is 0 Å². The number of nitrogens with two attached hydrogens (primary N) is 2. The number of amides is 1. The first kappa shape index (κ1) is 12.7. The van der Waals surface area contributed by atoms with Crippen LogP contribution in [0.15, 0.2) is 12.1 Å². The van der Waals surface area contributed by atoms with Gasteiger partial charge in [-0.1, -0.05) is 6.92 Å². The van der Waals surface area contributed by atoms with Crippen molar-refractivity contribution in [3.63, 3.8) is 0 Å². The van der Waals surface area contributed by atoms with Crippen LogP contribution in [0.4, 0.5) is 15.8 Å². The minimum absolute atomic E-state index is 0.0715. The molecule has 0 radical (unpaired) electrons. The van der Waals surface area contributed by atoms with Crippen molar-refractivity contribution in [2.75, 3.05) is 17.6 Å². The minimum atomic E-state index is -0.646. The Morgan fingerprint density at radius 2 is 2.17 bits per heavy atom. The number of carbonyl (C=O) groups excluding carboxylic acids is 1. The van der Waals surface area contributed by atoms with Crippen molar-refractivity contribution in [3.05, 3.63) is 23.5 Å². The quantitative estimate of drug-likeness (QED) is 0.701. The second kappa shape index (κ2) is 4.48. The lowest BCUT2D eigenvalue weighted by atomic mass is 10.0. The van der Waals surface area contributed by atoms with Gasteiger partial charge in [-0.05, 0) is 36.8 Å². The Labute approximate surface area is 106 Å². The van der Waals surface area contributed by atoms with Crippen LogP contribution in [0.3, 0.4) is 0 Å². The normalized spacial score (nSPS) is 16.3. The molecule has 0 bridgehead atoms. The largest absolute Gasteiger partial charge is 0.398 e. The Balaban J connectivity index is 2.17. The molecule has 0 aliphatic heterocycles. The van der Waals surface area contributed by atoms with Crippen LogP contribution < -0.4 is 16.8 Å². The van der Waals surface area contributed by atoms with Gasteiger partial charge in [0.25, 0.3) is 5.91 Å². The van der Waals surface area contributed by atoms with E-state index in [4.69, 9.17) is 11.5 Å². The van der Waals surface area contributed by atoms with Gasteiger partial charge in [-0.2, -0.15) is 0 Å². The Bertz CT molecular complexity index is 483. The van der Waals surface area contributed by atoms with E-state index in [2.05, 4.69) is 12.2 Å². The van der Waals surface area contributed by atoms with Crippen molar-refractivity contribution in [2.24, 2.45) is 11.1 Å². The average molecular weight is 251 g/mol. The fraction of sp³-hybridized carbons (Fsp3) is 0.462. The van der Waals surface area contributed by atoms with Gasteiger partial charge >= 0.3 is 0 Å². The molecule has 0 atom stereocenters. The monoisotopic (exact) mass is 251 g/mol. The van der Waals surface area contributed by atoms with Crippen molar-refractivity contribution in [3.8, 4) is 0 Å². The molecule has 1 amide bonds. The fourth-order valence-electron chi connectivity index (χ4n) is 2.05. The van der Waals surface area contributed by atoms with E-state index in [0.29, 0.717) is 12.0 Å². The van der Waals surface area contributed by atoms with E-state index in [9.17, 15) is 9.18 Å². The van der Waals surface area contributed by atoms with Gasteiger partial charge in [0.15, 0.2) is 0 Å². The number of primary amides is 1. The standard InChI is InChI=1S/C13H18FN3O/c1-2-13(3-4-13)7-17-11-5-8(12(16)18)10(15)6-9(11)14/h5-6,17H,2-4,7,15H2,1H3,(H2,16,18). The number of hydrogen-bond donors (Lipinski definition) is 3. The number of anilines is 2. The highest BCUT2D eigenvalue weighted by molar-refractivity contribution is 5.99. The molecule has 1 aromatic carbocycles. The highest BCUT2D eigenvalue weighted by Crippen LogP contribution is 2.48. The lowest BCUT2D eigenvalue weighted by Gasteiger charge is -2.16. The van der Waals surface area contributed by atoms with Crippen LogP contribution in [-0.2, 0) is 0 Å². The summed E-state index contributed by atoms with van der Waals surface area (Å²) in [7, 11) is 0. The van der Waals surface area contributed by atoms with Crippen LogP contribution in [0, 0.1) is 11.2 Å². The first-order chi connectivity index (χ1) is 8.47. The van der Waals surface area contributed by atoms with Gasteiger partial charge in [-0.15, -0.1) is 0 Å². The summed E-state index contributed by atoms with van der Waals surface area (Å²) < 4.78 is 13.7. The molecular formula is C13H18FN3O. The molecule has 0 heterocycles. The number of hydrogen-bond acceptors (Lipinski definition) is 3. The van der Waals surface area contributed by atoms with Crippen LogP contribution in [-0.4, -0.2) is 12.5 Å². The van der Waals surface area contributed by atoms with E-state index in [1.807, 2.05) is 0 Å². The SMILES string of the molecule is CCC1(CNc2cc(C(N)=O)c(N)cc2F)CC1. The Kier molecular flexibility index (Phi) is 3.15. The van der Waals surface area contributed by atoms with Gasteiger partial charge in [0.05, 0.1) is 11.3 Å². The van der Waals surface area contributed by atoms with Crippen molar-refractivity contribution < 1.29 is 9.18 Å². The molecule has 5 N–H and O–H groups in total. The molecule has 0 spiro atoms. The molecule has 1 aliphatic rings. The van der Waals surface area contributed by atoms with Crippen LogP contribution in [0.5, 0.6) is 0 Å². The lowest BCUT2D eigenvalue weighted by Crippen LogP contribution is -2.18. The highest BCUT2D eigenvalue weighted by atomic mass is 19.1. The molecule has 98 valence electrons. The predicted octanol–water partition coefficient (Wildman–Crippen LogP) is 2.11. The number of halogens is 1. The maximum atomic E-state index is 13.7. The van der Waals surface area contributed by atoms with Gasteiger partial charge in [-0.25, -0.2) is 4.39 Å². The van der Waals surface area contributed by atoms with Crippen LogP contribution in [0.1, 0.15) is 36.5 Å². The highest BCUT2D eigenvalue weighted by Gasteiger charge is 2.40. The maximum Gasteiger partial charge on any atom is 0.250 e. The van der Waals surface area contributed by atoms with Crippen LogP contribution >= 0.6 is 0 Å². The number of nitrogen functional groups attached to an aromatic ring is 1.